The third-order valence-electron chi connectivity index (χ3n) is 3.08. The summed E-state index contributed by atoms with van der Waals surface area (Å²) in [6.07, 6.45) is 2.15. The van der Waals surface area contributed by atoms with Gasteiger partial charge in [0, 0.05) is 12.6 Å². The third kappa shape index (κ3) is 2.52. The zero-order chi connectivity index (χ0) is 11.5. The maximum absolute atomic E-state index is 11.9. The first kappa shape index (κ1) is 11.4. The van der Waals surface area contributed by atoms with Gasteiger partial charge in [-0.2, -0.15) is 5.26 Å². The molecule has 2 atom stereocenters. The Morgan fingerprint density at radius 3 is 3.00 bits per heavy atom. The molecule has 0 bridgehead atoms. The number of nitrogens with zero attached hydrogens (tertiary/aromatic N) is 2. The lowest BCUT2D eigenvalue weighted by molar-refractivity contribution is -0.133. The minimum absolute atomic E-state index is 0.00398. The highest BCUT2D eigenvalue weighted by Crippen LogP contribution is 2.20. The van der Waals surface area contributed by atoms with Crippen LogP contribution in [0.15, 0.2) is 0 Å². The highest BCUT2D eigenvalue weighted by Gasteiger charge is 2.35. The van der Waals surface area contributed by atoms with Crippen LogP contribution in [-0.4, -0.2) is 48.7 Å². The molecule has 1 saturated carbocycles. The lowest BCUT2D eigenvalue weighted by Crippen LogP contribution is -2.56. The first-order chi connectivity index (χ1) is 7.72. The van der Waals surface area contributed by atoms with E-state index < -0.39 is 0 Å². The molecule has 0 radical (unpaired) electrons. The molecule has 1 aliphatic heterocycles. The molecule has 2 rings (SSSR count). The first-order valence-electron chi connectivity index (χ1n) is 5.76. The molecule has 0 aromatic heterocycles. The van der Waals surface area contributed by atoms with Crippen LogP contribution < -0.4 is 5.32 Å². The van der Waals surface area contributed by atoms with E-state index in [4.69, 9.17) is 10.00 Å². The number of rotatable bonds is 3. The van der Waals surface area contributed by atoms with Crippen LogP contribution in [0.4, 0.5) is 0 Å². The minimum atomic E-state index is -0.302. The van der Waals surface area contributed by atoms with E-state index in [0.29, 0.717) is 25.8 Å². The van der Waals surface area contributed by atoms with Crippen molar-refractivity contribution in [2.45, 2.75) is 37.9 Å². The fourth-order valence-corrected chi connectivity index (χ4v) is 1.91. The highest BCUT2D eigenvalue weighted by atomic mass is 16.5. The van der Waals surface area contributed by atoms with Gasteiger partial charge >= 0.3 is 0 Å². The normalized spacial score (nSPS) is 28.1. The van der Waals surface area contributed by atoms with Crippen molar-refractivity contribution in [2.75, 3.05) is 19.8 Å². The van der Waals surface area contributed by atoms with Crippen molar-refractivity contribution in [2.24, 2.45) is 0 Å². The molecule has 0 aromatic rings. The summed E-state index contributed by atoms with van der Waals surface area (Å²) in [5, 5.41) is 11.9. The summed E-state index contributed by atoms with van der Waals surface area (Å²) in [4.78, 5) is 13.9. The average Bonchev–Trinajstić information content (AvgIpc) is 3.12. The van der Waals surface area contributed by atoms with Crippen LogP contribution in [0.25, 0.3) is 0 Å². The second-order valence-electron chi connectivity index (χ2n) is 4.42. The van der Waals surface area contributed by atoms with Gasteiger partial charge in [0.25, 0.3) is 0 Å². The van der Waals surface area contributed by atoms with Crippen LogP contribution in [0.1, 0.15) is 19.8 Å². The van der Waals surface area contributed by atoms with Gasteiger partial charge in [-0.25, -0.2) is 0 Å². The van der Waals surface area contributed by atoms with E-state index >= 15 is 0 Å². The number of ether oxygens (including phenoxy) is 1. The molecule has 1 saturated heterocycles. The first-order valence-corrected chi connectivity index (χ1v) is 5.76. The molecule has 1 N–H and O–H groups in total. The molecular formula is C11H17N3O2. The number of carbonyl (C=O) groups excluding carboxylic acids is 1. The molecule has 1 heterocycles. The summed E-state index contributed by atoms with van der Waals surface area (Å²) in [5.41, 5.74) is 0. The highest BCUT2D eigenvalue weighted by molar-refractivity contribution is 5.82. The van der Waals surface area contributed by atoms with Crippen LogP contribution in [0, 0.1) is 11.3 Å². The van der Waals surface area contributed by atoms with Crippen molar-refractivity contribution in [1.82, 2.24) is 10.2 Å². The standard InChI is InChI=1S/C11H17N3O2/c1-8(6-12)14-4-5-16-7-10(14)11(15)13-9-2-3-9/h8-10H,2-5,7H2,1H3,(H,13,15). The van der Waals surface area contributed by atoms with Crippen LogP contribution in [0.2, 0.25) is 0 Å². The van der Waals surface area contributed by atoms with E-state index in [1.165, 1.54) is 0 Å². The van der Waals surface area contributed by atoms with E-state index in [2.05, 4.69) is 11.4 Å². The molecule has 16 heavy (non-hydrogen) atoms. The molecule has 2 aliphatic rings. The van der Waals surface area contributed by atoms with Gasteiger partial charge in [-0.15, -0.1) is 0 Å². The van der Waals surface area contributed by atoms with Gasteiger partial charge in [0.15, 0.2) is 0 Å². The molecule has 5 heteroatoms. The van der Waals surface area contributed by atoms with Gasteiger partial charge in [0.1, 0.15) is 6.04 Å². The van der Waals surface area contributed by atoms with Gasteiger partial charge in [0.2, 0.25) is 5.91 Å². The van der Waals surface area contributed by atoms with Crippen LogP contribution in [0.3, 0.4) is 0 Å². The molecule has 5 nitrogen and oxygen atoms in total. The van der Waals surface area contributed by atoms with E-state index in [-0.39, 0.29) is 18.0 Å². The van der Waals surface area contributed by atoms with Gasteiger partial charge < -0.3 is 10.1 Å². The summed E-state index contributed by atoms with van der Waals surface area (Å²) >= 11 is 0. The van der Waals surface area contributed by atoms with Crippen molar-refractivity contribution in [1.29, 1.82) is 5.26 Å². The van der Waals surface area contributed by atoms with Gasteiger partial charge in [0.05, 0.1) is 25.3 Å². The maximum Gasteiger partial charge on any atom is 0.240 e. The molecule has 2 fully saturated rings. The third-order valence-corrected chi connectivity index (χ3v) is 3.08. The molecule has 0 aromatic carbocycles. The van der Waals surface area contributed by atoms with Gasteiger partial charge in [-0.1, -0.05) is 0 Å². The minimum Gasteiger partial charge on any atom is -0.378 e. The number of amides is 1. The van der Waals surface area contributed by atoms with Crippen LogP contribution >= 0.6 is 0 Å². The Bertz CT molecular complexity index is 309. The van der Waals surface area contributed by atoms with E-state index in [9.17, 15) is 4.79 Å². The maximum atomic E-state index is 11.9. The van der Waals surface area contributed by atoms with Gasteiger partial charge in [-0.05, 0) is 19.8 Å². The lowest BCUT2D eigenvalue weighted by atomic mass is 10.1. The van der Waals surface area contributed by atoms with E-state index in [0.717, 1.165) is 12.8 Å². The Balaban J connectivity index is 1.97. The second-order valence-corrected chi connectivity index (χ2v) is 4.42. The van der Waals surface area contributed by atoms with Gasteiger partial charge in [-0.3, -0.25) is 9.69 Å². The summed E-state index contributed by atoms with van der Waals surface area (Å²) in [6.45, 7) is 3.46. The Kier molecular flexibility index (Phi) is 3.42. The van der Waals surface area contributed by atoms with Crippen molar-refractivity contribution in [3.05, 3.63) is 0 Å². The van der Waals surface area contributed by atoms with Crippen molar-refractivity contribution >= 4 is 5.91 Å². The second kappa shape index (κ2) is 4.81. The number of carbonyl (C=O) groups is 1. The molecule has 1 aliphatic carbocycles. The molecule has 1 amide bonds. The summed E-state index contributed by atoms with van der Waals surface area (Å²) in [7, 11) is 0. The largest absolute Gasteiger partial charge is 0.378 e. The Labute approximate surface area is 95.4 Å². The van der Waals surface area contributed by atoms with E-state index in [1.54, 1.807) is 0 Å². The zero-order valence-corrected chi connectivity index (χ0v) is 9.48. The molecule has 88 valence electrons. The fraction of sp³-hybridized carbons (Fsp3) is 0.818. The van der Waals surface area contributed by atoms with Crippen molar-refractivity contribution in [3.63, 3.8) is 0 Å². The topological polar surface area (TPSA) is 65.4 Å². The smallest absolute Gasteiger partial charge is 0.240 e. The number of hydrogen-bond acceptors (Lipinski definition) is 4. The summed E-state index contributed by atoms with van der Waals surface area (Å²) < 4.78 is 5.32. The van der Waals surface area contributed by atoms with Crippen molar-refractivity contribution < 1.29 is 9.53 Å². The monoisotopic (exact) mass is 223 g/mol. The predicted octanol–water partition coefficient (Wildman–Crippen LogP) is -0.122. The number of nitriles is 1. The Morgan fingerprint density at radius 2 is 2.38 bits per heavy atom. The molecular weight excluding hydrogens is 206 g/mol. The van der Waals surface area contributed by atoms with Crippen LogP contribution in [0.5, 0.6) is 0 Å². The van der Waals surface area contributed by atoms with E-state index in [1.807, 2.05) is 11.8 Å². The number of hydrogen-bond donors (Lipinski definition) is 1. The number of nitrogens with one attached hydrogen (secondary N) is 1. The SMILES string of the molecule is CC(C#N)N1CCOCC1C(=O)NC1CC1. The quantitative estimate of drug-likeness (QED) is 0.724. The predicted molar refractivity (Wildman–Crippen MR) is 57.6 cm³/mol. The zero-order valence-electron chi connectivity index (χ0n) is 9.48. The lowest BCUT2D eigenvalue weighted by Gasteiger charge is -2.35. The average molecular weight is 223 g/mol. The van der Waals surface area contributed by atoms with Crippen molar-refractivity contribution in [3.8, 4) is 6.07 Å². The molecule has 2 unspecified atom stereocenters. The molecule has 0 spiro atoms. The summed E-state index contributed by atoms with van der Waals surface area (Å²) in [5.74, 6) is 0.00398. The fourth-order valence-electron chi connectivity index (χ4n) is 1.91. The summed E-state index contributed by atoms with van der Waals surface area (Å²) in [6, 6.07) is 2.00. The Hall–Kier alpha value is -1.12. The number of morpholine rings is 1. The Morgan fingerprint density at radius 1 is 1.62 bits per heavy atom. The van der Waals surface area contributed by atoms with Crippen LogP contribution in [-0.2, 0) is 9.53 Å².